The third-order valence-corrected chi connectivity index (χ3v) is 6.52. The summed E-state index contributed by atoms with van der Waals surface area (Å²) in [6.45, 7) is 4.04. The van der Waals surface area contributed by atoms with E-state index in [2.05, 4.69) is 18.2 Å². The molecule has 1 saturated carbocycles. The number of hydrogen-bond acceptors (Lipinski definition) is 4. The van der Waals surface area contributed by atoms with Gasteiger partial charge in [0.1, 0.15) is 0 Å². The summed E-state index contributed by atoms with van der Waals surface area (Å²) < 4.78 is 11.5. The maximum Gasteiger partial charge on any atom is 0.226 e. The van der Waals surface area contributed by atoms with Crippen molar-refractivity contribution in [3.8, 4) is 0 Å². The average molecular weight is 370 g/mol. The molecule has 0 aromatic heterocycles. The summed E-state index contributed by atoms with van der Waals surface area (Å²) in [5, 5.41) is 0. The monoisotopic (exact) mass is 370 g/mol. The topological polar surface area (TPSA) is 59.1 Å². The van der Waals surface area contributed by atoms with Crippen LogP contribution in [0.25, 0.3) is 0 Å². The van der Waals surface area contributed by atoms with Crippen LogP contribution in [-0.4, -0.2) is 60.2 Å². The molecule has 27 heavy (non-hydrogen) atoms. The van der Waals surface area contributed by atoms with Gasteiger partial charge in [-0.2, -0.15) is 0 Å². The number of amides is 2. The van der Waals surface area contributed by atoms with Crippen molar-refractivity contribution in [1.82, 2.24) is 9.80 Å². The summed E-state index contributed by atoms with van der Waals surface area (Å²) in [6.07, 6.45) is 3.06. The van der Waals surface area contributed by atoms with Gasteiger partial charge in [0.2, 0.25) is 11.8 Å². The Balaban J connectivity index is 1.16. The molecule has 144 valence electrons. The number of nitrogens with zero attached hydrogens (tertiary/aromatic N) is 2. The summed E-state index contributed by atoms with van der Waals surface area (Å²) in [5.74, 6) is -0.430. The van der Waals surface area contributed by atoms with E-state index in [-0.39, 0.29) is 23.7 Å². The fourth-order valence-corrected chi connectivity index (χ4v) is 4.75. The van der Waals surface area contributed by atoms with Crippen molar-refractivity contribution >= 4 is 11.8 Å². The SMILES string of the molecule is O=C(C1CC1C(=O)N1CCc2ccccc2C1)N1CCC2(CC1)OCCO2. The van der Waals surface area contributed by atoms with E-state index >= 15 is 0 Å². The lowest BCUT2D eigenvalue weighted by molar-refractivity contribution is -0.187. The van der Waals surface area contributed by atoms with Crippen molar-refractivity contribution in [2.75, 3.05) is 32.8 Å². The molecule has 1 aromatic carbocycles. The molecule has 3 heterocycles. The third kappa shape index (κ3) is 3.15. The highest BCUT2D eigenvalue weighted by molar-refractivity contribution is 5.92. The van der Waals surface area contributed by atoms with Crippen LogP contribution in [0, 0.1) is 11.8 Å². The Morgan fingerprint density at radius 1 is 0.889 bits per heavy atom. The molecule has 2 atom stereocenters. The van der Waals surface area contributed by atoms with Gasteiger partial charge < -0.3 is 19.3 Å². The first-order chi connectivity index (χ1) is 13.2. The number of benzene rings is 1. The molecule has 5 rings (SSSR count). The van der Waals surface area contributed by atoms with E-state index in [9.17, 15) is 9.59 Å². The lowest BCUT2D eigenvalue weighted by atomic mass is 9.99. The lowest BCUT2D eigenvalue weighted by Crippen LogP contribution is -2.48. The Labute approximate surface area is 159 Å². The molecular formula is C21H26N2O4. The third-order valence-electron chi connectivity index (χ3n) is 6.52. The zero-order valence-corrected chi connectivity index (χ0v) is 15.6. The molecule has 6 heteroatoms. The zero-order chi connectivity index (χ0) is 18.4. The van der Waals surface area contributed by atoms with Crippen LogP contribution >= 0.6 is 0 Å². The number of carbonyl (C=O) groups is 2. The van der Waals surface area contributed by atoms with Crippen LogP contribution in [-0.2, 0) is 32.0 Å². The standard InChI is InChI=1S/C21H26N2O4/c24-19(22-9-6-21(7-10-22)26-11-12-27-21)17-13-18(17)20(25)23-8-5-15-3-1-2-4-16(15)14-23/h1-4,17-18H,5-14H2. The Morgan fingerprint density at radius 2 is 1.52 bits per heavy atom. The largest absolute Gasteiger partial charge is 0.347 e. The van der Waals surface area contributed by atoms with Crippen molar-refractivity contribution in [3.05, 3.63) is 35.4 Å². The van der Waals surface area contributed by atoms with E-state index in [0.29, 0.717) is 39.3 Å². The number of ether oxygens (including phenoxy) is 2. The summed E-state index contributed by atoms with van der Waals surface area (Å²) >= 11 is 0. The summed E-state index contributed by atoms with van der Waals surface area (Å²) in [5.41, 5.74) is 2.57. The van der Waals surface area contributed by atoms with E-state index < -0.39 is 5.79 Å². The van der Waals surface area contributed by atoms with Gasteiger partial charge in [-0.05, 0) is 24.0 Å². The Hall–Kier alpha value is -1.92. The van der Waals surface area contributed by atoms with Gasteiger partial charge in [-0.25, -0.2) is 0 Å². The second-order valence-electron chi connectivity index (χ2n) is 8.16. The molecule has 4 aliphatic rings. The van der Waals surface area contributed by atoms with E-state index in [4.69, 9.17) is 9.47 Å². The van der Waals surface area contributed by atoms with Gasteiger partial charge >= 0.3 is 0 Å². The predicted molar refractivity (Wildman–Crippen MR) is 97.6 cm³/mol. The molecular weight excluding hydrogens is 344 g/mol. The molecule has 2 saturated heterocycles. The zero-order valence-electron chi connectivity index (χ0n) is 15.6. The van der Waals surface area contributed by atoms with E-state index in [1.807, 2.05) is 15.9 Å². The highest BCUT2D eigenvalue weighted by Gasteiger charge is 2.52. The smallest absolute Gasteiger partial charge is 0.226 e. The first-order valence-corrected chi connectivity index (χ1v) is 10.1. The van der Waals surface area contributed by atoms with Gasteiger partial charge in [0.15, 0.2) is 5.79 Å². The molecule has 0 radical (unpaired) electrons. The number of piperidine rings is 1. The van der Waals surface area contributed by atoms with Gasteiger partial charge in [-0.15, -0.1) is 0 Å². The van der Waals surface area contributed by atoms with Crippen molar-refractivity contribution in [1.29, 1.82) is 0 Å². The van der Waals surface area contributed by atoms with E-state index in [1.54, 1.807) is 0 Å². The van der Waals surface area contributed by atoms with E-state index in [1.165, 1.54) is 11.1 Å². The fraction of sp³-hybridized carbons (Fsp3) is 0.619. The van der Waals surface area contributed by atoms with Crippen molar-refractivity contribution in [2.45, 2.75) is 38.0 Å². The maximum absolute atomic E-state index is 12.9. The van der Waals surface area contributed by atoms with Gasteiger partial charge in [-0.3, -0.25) is 9.59 Å². The number of hydrogen-bond donors (Lipinski definition) is 0. The second kappa shape index (κ2) is 6.60. The first kappa shape index (κ1) is 17.2. The lowest BCUT2D eigenvalue weighted by Gasteiger charge is -2.37. The van der Waals surface area contributed by atoms with Crippen molar-refractivity contribution < 1.29 is 19.1 Å². The first-order valence-electron chi connectivity index (χ1n) is 10.1. The second-order valence-corrected chi connectivity index (χ2v) is 8.16. The minimum absolute atomic E-state index is 0.127. The Morgan fingerprint density at radius 3 is 2.22 bits per heavy atom. The van der Waals surface area contributed by atoms with Crippen LogP contribution in [0.3, 0.4) is 0 Å². The van der Waals surface area contributed by atoms with Crippen LogP contribution in [0.2, 0.25) is 0 Å². The molecule has 3 fully saturated rings. The molecule has 2 amide bonds. The van der Waals surface area contributed by atoms with Gasteiger partial charge in [0.05, 0.1) is 25.0 Å². The van der Waals surface area contributed by atoms with Gasteiger partial charge in [0, 0.05) is 39.0 Å². The minimum Gasteiger partial charge on any atom is -0.347 e. The van der Waals surface area contributed by atoms with Crippen LogP contribution in [0.4, 0.5) is 0 Å². The quantitative estimate of drug-likeness (QED) is 0.793. The molecule has 6 nitrogen and oxygen atoms in total. The Kier molecular flexibility index (Phi) is 4.20. The molecule has 1 aliphatic carbocycles. The minimum atomic E-state index is -0.462. The highest BCUT2D eigenvalue weighted by atomic mass is 16.7. The number of fused-ring (bicyclic) bond motifs is 1. The maximum atomic E-state index is 12.9. The predicted octanol–water partition coefficient (Wildman–Crippen LogP) is 1.57. The van der Waals surface area contributed by atoms with E-state index in [0.717, 1.165) is 25.8 Å². The number of likely N-dealkylation sites (tertiary alicyclic amines) is 1. The molecule has 3 aliphatic heterocycles. The van der Waals surface area contributed by atoms with Crippen LogP contribution in [0.5, 0.6) is 0 Å². The van der Waals surface area contributed by atoms with Crippen molar-refractivity contribution in [2.24, 2.45) is 11.8 Å². The molecule has 0 bridgehead atoms. The molecule has 0 N–H and O–H groups in total. The molecule has 2 unspecified atom stereocenters. The highest BCUT2D eigenvalue weighted by Crippen LogP contribution is 2.43. The molecule has 1 aromatic rings. The fourth-order valence-electron chi connectivity index (χ4n) is 4.75. The summed E-state index contributed by atoms with van der Waals surface area (Å²) in [7, 11) is 0. The summed E-state index contributed by atoms with van der Waals surface area (Å²) in [4.78, 5) is 29.6. The average Bonchev–Trinajstić information content (AvgIpc) is 3.40. The van der Waals surface area contributed by atoms with Crippen LogP contribution in [0.1, 0.15) is 30.4 Å². The van der Waals surface area contributed by atoms with Gasteiger partial charge in [-0.1, -0.05) is 24.3 Å². The van der Waals surface area contributed by atoms with Crippen LogP contribution < -0.4 is 0 Å². The number of rotatable bonds is 2. The summed E-state index contributed by atoms with van der Waals surface area (Å²) in [6, 6.07) is 8.32. The molecule has 1 spiro atoms. The Bertz CT molecular complexity index is 748. The normalized spacial score (nSPS) is 28.9. The van der Waals surface area contributed by atoms with Crippen LogP contribution in [0.15, 0.2) is 24.3 Å². The van der Waals surface area contributed by atoms with Gasteiger partial charge in [0.25, 0.3) is 0 Å². The van der Waals surface area contributed by atoms with Crippen molar-refractivity contribution in [3.63, 3.8) is 0 Å². The number of carbonyl (C=O) groups excluding carboxylic acids is 2.